The van der Waals surface area contributed by atoms with Crippen molar-refractivity contribution in [3.63, 3.8) is 0 Å². The Bertz CT molecular complexity index is 1910. The zero-order valence-corrected chi connectivity index (χ0v) is 59.7. The molecule has 0 spiro atoms. The summed E-state index contributed by atoms with van der Waals surface area (Å²) in [4.78, 5) is 37.5. The highest BCUT2D eigenvalue weighted by Gasteiger charge is 2.22. The van der Waals surface area contributed by atoms with Gasteiger partial charge in [0.25, 0.3) is 0 Å². The summed E-state index contributed by atoms with van der Waals surface area (Å²) in [6.07, 6.45) is 98.7. The minimum atomic E-state index is -1.63. The first-order valence-corrected chi connectivity index (χ1v) is 37.7. The third-order valence-corrected chi connectivity index (χ3v) is 16.2. The Balaban J connectivity index is 4.01. The van der Waals surface area contributed by atoms with Gasteiger partial charge in [-0.3, -0.25) is 9.59 Å². The van der Waals surface area contributed by atoms with Crippen molar-refractivity contribution in [2.75, 3.05) is 47.5 Å². The number of carbonyl (C=O) groups is 3. The lowest BCUT2D eigenvalue weighted by Gasteiger charge is -2.26. The molecule has 9 heteroatoms. The molecule has 522 valence electrons. The monoisotopic (exact) mass is 1270 g/mol. The molecule has 2 atom stereocenters. The van der Waals surface area contributed by atoms with Crippen LogP contribution in [0.1, 0.15) is 322 Å². The highest BCUT2D eigenvalue weighted by molar-refractivity contribution is 5.70. The molecular weight excluding hydrogens is 1130 g/mol. The Morgan fingerprint density at radius 1 is 0.330 bits per heavy atom. The molecule has 0 radical (unpaired) electrons. The van der Waals surface area contributed by atoms with Crippen LogP contribution in [0.5, 0.6) is 0 Å². The molecule has 0 saturated carbocycles. The number of allylic oxidation sites excluding steroid dienone is 20. The van der Waals surface area contributed by atoms with E-state index >= 15 is 0 Å². The summed E-state index contributed by atoms with van der Waals surface area (Å²) >= 11 is 0. The molecule has 0 aromatic rings. The van der Waals surface area contributed by atoms with Gasteiger partial charge < -0.3 is 33.3 Å². The van der Waals surface area contributed by atoms with Crippen molar-refractivity contribution in [1.29, 1.82) is 0 Å². The van der Waals surface area contributed by atoms with Crippen molar-refractivity contribution in [3.05, 3.63) is 122 Å². The largest absolute Gasteiger partial charge is 0.545 e. The quantitative estimate of drug-likeness (QED) is 0.0195. The van der Waals surface area contributed by atoms with Gasteiger partial charge in [0.1, 0.15) is 13.2 Å². The maximum Gasteiger partial charge on any atom is 0.306 e. The first-order valence-electron chi connectivity index (χ1n) is 37.7. The summed E-state index contributed by atoms with van der Waals surface area (Å²) in [6.45, 7) is 4.55. The van der Waals surface area contributed by atoms with Crippen LogP contribution >= 0.6 is 0 Å². The third-order valence-electron chi connectivity index (χ3n) is 16.2. The molecule has 0 saturated heterocycles. The van der Waals surface area contributed by atoms with Gasteiger partial charge in [0.05, 0.1) is 40.3 Å². The number of hydrogen-bond acceptors (Lipinski definition) is 8. The number of rotatable bonds is 69. The van der Waals surface area contributed by atoms with E-state index in [2.05, 4.69) is 135 Å². The molecule has 0 bridgehead atoms. The molecule has 91 heavy (non-hydrogen) atoms. The van der Waals surface area contributed by atoms with Crippen LogP contribution in [-0.4, -0.2) is 82.3 Å². The number of esters is 2. The highest BCUT2D eigenvalue weighted by atomic mass is 16.7. The van der Waals surface area contributed by atoms with Gasteiger partial charge in [0, 0.05) is 12.8 Å². The zero-order chi connectivity index (χ0) is 66.1. The summed E-state index contributed by atoms with van der Waals surface area (Å²) in [5.74, 6) is -2.27. The van der Waals surface area contributed by atoms with E-state index < -0.39 is 24.3 Å². The van der Waals surface area contributed by atoms with Gasteiger partial charge in [-0.15, -0.1) is 0 Å². The van der Waals surface area contributed by atoms with Crippen LogP contribution in [0.25, 0.3) is 0 Å². The van der Waals surface area contributed by atoms with E-state index in [1.54, 1.807) is 0 Å². The summed E-state index contributed by atoms with van der Waals surface area (Å²) in [5, 5.41) is 11.8. The predicted molar refractivity (Wildman–Crippen MR) is 389 cm³/mol. The van der Waals surface area contributed by atoms with Crippen LogP contribution in [0.2, 0.25) is 0 Å². The highest BCUT2D eigenvalue weighted by Crippen LogP contribution is 2.18. The summed E-state index contributed by atoms with van der Waals surface area (Å²) < 4.78 is 22.8. The number of carbonyl (C=O) groups excluding carboxylic acids is 3. The summed E-state index contributed by atoms with van der Waals surface area (Å²) in [7, 11) is 5.94. The maximum absolute atomic E-state index is 13.0. The van der Waals surface area contributed by atoms with Gasteiger partial charge >= 0.3 is 11.9 Å². The molecule has 0 aliphatic rings. The molecule has 0 heterocycles. The van der Waals surface area contributed by atoms with Gasteiger partial charge in [-0.05, 0) is 103 Å². The van der Waals surface area contributed by atoms with Gasteiger partial charge in [0.15, 0.2) is 12.4 Å². The number of nitrogens with zero attached hydrogens (tertiary/aromatic N) is 1. The van der Waals surface area contributed by atoms with E-state index in [0.717, 1.165) is 96.3 Å². The number of hydrogen-bond donors (Lipinski definition) is 0. The Kier molecular flexibility index (Phi) is 68.1. The predicted octanol–water partition coefficient (Wildman–Crippen LogP) is 22.6. The van der Waals surface area contributed by atoms with Crippen molar-refractivity contribution in [2.24, 2.45) is 0 Å². The number of quaternary nitrogens is 1. The van der Waals surface area contributed by atoms with Crippen LogP contribution in [0.4, 0.5) is 0 Å². The lowest BCUT2D eigenvalue weighted by Crippen LogP contribution is -2.44. The Labute approximate surface area is 561 Å². The second-order valence-corrected chi connectivity index (χ2v) is 26.2. The smallest absolute Gasteiger partial charge is 0.306 e. The van der Waals surface area contributed by atoms with Gasteiger partial charge in [-0.2, -0.15) is 0 Å². The number of aliphatic carboxylic acids is 1. The van der Waals surface area contributed by atoms with Crippen molar-refractivity contribution < 1.29 is 42.9 Å². The summed E-state index contributed by atoms with van der Waals surface area (Å²) in [6, 6.07) is 0. The molecule has 0 aromatic carbocycles. The van der Waals surface area contributed by atoms with Crippen molar-refractivity contribution in [3.8, 4) is 0 Å². The minimum absolute atomic E-state index is 0.145. The van der Waals surface area contributed by atoms with Crippen LogP contribution in [-0.2, 0) is 33.3 Å². The molecule has 0 amide bonds. The molecule has 0 aliphatic carbocycles. The van der Waals surface area contributed by atoms with Crippen LogP contribution in [0.15, 0.2) is 122 Å². The molecule has 0 rings (SSSR count). The number of carboxylic acid groups (broad SMARTS) is 1. The first-order chi connectivity index (χ1) is 44.6. The number of likely N-dealkylation sites (N-methyl/N-ethyl adjacent to an activating group) is 1. The fourth-order valence-corrected chi connectivity index (χ4v) is 10.5. The molecule has 0 N–H and O–H groups in total. The van der Waals surface area contributed by atoms with E-state index in [-0.39, 0.29) is 38.6 Å². The van der Waals surface area contributed by atoms with Crippen molar-refractivity contribution >= 4 is 17.9 Å². The third kappa shape index (κ3) is 73.0. The van der Waals surface area contributed by atoms with Crippen molar-refractivity contribution in [1.82, 2.24) is 0 Å². The number of ether oxygens (including phenoxy) is 4. The summed E-state index contributed by atoms with van der Waals surface area (Å²) in [5.41, 5.74) is 0. The van der Waals surface area contributed by atoms with Gasteiger partial charge in [0.2, 0.25) is 0 Å². The Hall–Kier alpha value is -4.31. The fraction of sp³-hybridized carbons (Fsp3) is 0.720. The molecule has 9 nitrogen and oxygen atoms in total. The average molecular weight is 1270 g/mol. The first kappa shape index (κ1) is 86.7. The number of carboxylic acids is 1. The van der Waals surface area contributed by atoms with E-state index in [0.29, 0.717) is 17.4 Å². The topological polar surface area (TPSA) is 111 Å². The molecule has 0 fully saturated rings. The van der Waals surface area contributed by atoms with E-state index in [9.17, 15) is 19.5 Å². The van der Waals surface area contributed by atoms with Crippen LogP contribution < -0.4 is 5.11 Å². The zero-order valence-electron chi connectivity index (χ0n) is 59.7. The van der Waals surface area contributed by atoms with Crippen LogP contribution in [0.3, 0.4) is 0 Å². The standard InChI is InChI=1S/C82H141NO8/c1-6-8-10-12-14-16-18-20-22-24-26-28-30-32-33-34-35-36-37-38-39-40-41-42-43-44-45-46-47-49-51-53-55-57-59-61-63-65-67-69-71-73-80(85)91-78(77-90-82(81(86)87)88-75-74-83(3,4)5)76-89-79(84)72-70-68-66-64-62-60-58-56-54-52-50-48-31-29-27-25-23-21-19-17-15-13-11-9-7-2/h8-11,14-17,20-23,26-29,32-33,35-36,78,82H,6-7,12-13,18-19,24-25,30-31,34,37-77H2,1-5H3/b10-8-,11-9-,16-14-,17-15-,22-20-,23-21-,28-26-,29-27-,33-32-,36-35-. The van der Waals surface area contributed by atoms with Crippen LogP contribution in [0, 0.1) is 0 Å². The Morgan fingerprint density at radius 2 is 0.593 bits per heavy atom. The van der Waals surface area contributed by atoms with E-state index in [1.807, 2.05) is 21.1 Å². The lowest BCUT2D eigenvalue weighted by molar-refractivity contribution is -0.870. The van der Waals surface area contributed by atoms with E-state index in [4.69, 9.17) is 18.9 Å². The fourth-order valence-electron chi connectivity index (χ4n) is 10.5. The van der Waals surface area contributed by atoms with Gasteiger partial charge in [-0.25, -0.2) is 0 Å². The lowest BCUT2D eigenvalue weighted by atomic mass is 10.0. The average Bonchev–Trinajstić information content (AvgIpc) is 3.53. The van der Waals surface area contributed by atoms with E-state index in [1.165, 1.54) is 193 Å². The van der Waals surface area contributed by atoms with Crippen molar-refractivity contribution in [2.45, 2.75) is 334 Å². The minimum Gasteiger partial charge on any atom is -0.545 e. The maximum atomic E-state index is 13.0. The molecule has 0 aromatic heterocycles. The normalized spacial score (nSPS) is 13.4. The SMILES string of the molecule is CC/C=C\C/C=C\C/C=C\C/C=C\C/C=C\C/C=C\CCCCCCCCCCCCCCCCCCCCCCCCC(=O)OC(COC(=O)CCCCCCCCCCCCCC/C=C\C/C=C\C/C=C\C/C=C\CC)COC(OCC[N+](C)(C)C)C(=O)[O-]. The second-order valence-electron chi connectivity index (χ2n) is 26.2. The second kappa shape index (κ2) is 71.5. The molecule has 2 unspecified atom stereocenters. The Morgan fingerprint density at radius 3 is 0.879 bits per heavy atom. The molecule has 0 aliphatic heterocycles. The molecular formula is C82H141NO8. The van der Waals surface area contributed by atoms with Gasteiger partial charge in [-0.1, -0.05) is 328 Å². The number of unbranched alkanes of at least 4 members (excludes halogenated alkanes) is 34.